The molecule has 1 saturated heterocycles. The lowest BCUT2D eigenvalue weighted by atomic mass is 9.99. The third kappa shape index (κ3) is 3.93. The van der Waals surface area contributed by atoms with Gasteiger partial charge in [-0.15, -0.1) is 0 Å². The number of nitrogens with one attached hydrogen (secondary N) is 1. The molecule has 0 radical (unpaired) electrons. The van der Waals surface area contributed by atoms with Crippen molar-refractivity contribution in [2.75, 3.05) is 33.3 Å². The molecule has 5 nitrogen and oxygen atoms in total. The van der Waals surface area contributed by atoms with Crippen LogP contribution in [0.25, 0.3) is 0 Å². The lowest BCUT2D eigenvalue weighted by molar-refractivity contribution is -0.123. The highest BCUT2D eigenvalue weighted by Gasteiger charge is 2.29. The Bertz CT molecular complexity index is 281. The average Bonchev–Trinajstić information content (AvgIpc) is 3.21. The fourth-order valence-corrected chi connectivity index (χ4v) is 2.55. The van der Waals surface area contributed by atoms with Gasteiger partial charge >= 0.3 is 0 Å². The van der Waals surface area contributed by atoms with Crippen molar-refractivity contribution in [2.45, 2.75) is 37.8 Å². The number of hydrogen-bond acceptors (Lipinski definition) is 4. The lowest BCUT2D eigenvalue weighted by Crippen LogP contribution is -2.51. The molecule has 2 unspecified atom stereocenters. The van der Waals surface area contributed by atoms with Gasteiger partial charge in [-0.2, -0.15) is 0 Å². The molecule has 0 aromatic rings. The van der Waals surface area contributed by atoms with E-state index < -0.39 is 0 Å². The zero-order valence-electron chi connectivity index (χ0n) is 11.2. The zero-order valence-corrected chi connectivity index (χ0v) is 11.2. The fourth-order valence-electron chi connectivity index (χ4n) is 2.55. The first-order valence-corrected chi connectivity index (χ1v) is 6.96. The molecule has 2 fully saturated rings. The molecular formula is C13H25N3O2. The molecule has 0 aromatic heterocycles. The predicted molar refractivity (Wildman–Crippen MR) is 70.2 cm³/mol. The van der Waals surface area contributed by atoms with Gasteiger partial charge in [0.05, 0.1) is 12.6 Å². The van der Waals surface area contributed by atoms with Crippen LogP contribution in [0.1, 0.15) is 25.7 Å². The highest BCUT2D eigenvalue weighted by atomic mass is 16.5. The molecule has 1 saturated carbocycles. The summed E-state index contributed by atoms with van der Waals surface area (Å²) in [5.41, 5.74) is 5.79. The monoisotopic (exact) mass is 255 g/mol. The van der Waals surface area contributed by atoms with Crippen LogP contribution in [0.15, 0.2) is 0 Å². The highest BCUT2D eigenvalue weighted by Crippen LogP contribution is 2.27. The van der Waals surface area contributed by atoms with Gasteiger partial charge < -0.3 is 15.8 Å². The Morgan fingerprint density at radius 1 is 1.44 bits per heavy atom. The largest absolute Gasteiger partial charge is 0.381 e. The van der Waals surface area contributed by atoms with E-state index in [1.54, 1.807) is 7.11 Å². The van der Waals surface area contributed by atoms with Crippen LogP contribution in [0.3, 0.4) is 0 Å². The normalized spacial score (nSPS) is 29.2. The van der Waals surface area contributed by atoms with Crippen molar-refractivity contribution in [3.8, 4) is 0 Å². The van der Waals surface area contributed by atoms with Crippen LogP contribution in [-0.2, 0) is 9.53 Å². The maximum absolute atomic E-state index is 11.8. The number of nitrogens with zero attached hydrogens (tertiary/aromatic N) is 1. The Kier molecular flexibility index (Phi) is 4.97. The van der Waals surface area contributed by atoms with Crippen molar-refractivity contribution in [2.24, 2.45) is 11.7 Å². The quantitative estimate of drug-likeness (QED) is 0.698. The van der Waals surface area contributed by atoms with E-state index in [0.717, 1.165) is 31.8 Å². The van der Waals surface area contributed by atoms with E-state index in [-0.39, 0.29) is 11.9 Å². The average molecular weight is 255 g/mol. The number of likely N-dealkylation sites (tertiary alicyclic amines) is 1. The summed E-state index contributed by atoms with van der Waals surface area (Å²) in [4.78, 5) is 14.0. The number of hydrogen-bond donors (Lipinski definition) is 2. The Labute approximate surface area is 109 Å². The smallest absolute Gasteiger partial charge is 0.234 e. The van der Waals surface area contributed by atoms with Crippen molar-refractivity contribution in [3.05, 3.63) is 0 Å². The Balaban J connectivity index is 1.74. The number of carbonyl (C=O) groups is 1. The summed E-state index contributed by atoms with van der Waals surface area (Å²) >= 11 is 0. The third-order valence-electron chi connectivity index (χ3n) is 4.03. The van der Waals surface area contributed by atoms with Gasteiger partial charge in [0.25, 0.3) is 0 Å². The molecule has 1 heterocycles. The van der Waals surface area contributed by atoms with Crippen LogP contribution in [0.2, 0.25) is 0 Å². The van der Waals surface area contributed by atoms with Crippen LogP contribution >= 0.6 is 0 Å². The Hall–Kier alpha value is -0.650. The molecular weight excluding hydrogens is 230 g/mol. The number of ether oxygens (including phenoxy) is 1. The minimum absolute atomic E-state index is 0.135. The lowest BCUT2D eigenvalue weighted by Gasteiger charge is -2.37. The van der Waals surface area contributed by atoms with Crippen LogP contribution in [0, 0.1) is 5.92 Å². The number of carbonyl (C=O) groups excluding carboxylic acids is 1. The van der Waals surface area contributed by atoms with Gasteiger partial charge in [0.15, 0.2) is 0 Å². The molecule has 5 heteroatoms. The summed E-state index contributed by atoms with van der Waals surface area (Å²) in [6.45, 7) is 2.82. The second kappa shape index (κ2) is 6.50. The van der Waals surface area contributed by atoms with Crippen molar-refractivity contribution in [3.63, 3.8) is 0 Å². The van der Waals surface area contributed by atoms with Gasteiger partial charge in [0.1, 0.15) is 0 Å². The first-order chi connectivity index (χ1) is 8.72. The maximum Gasteiger partial charge on any atom is 0.234 e. The first-order valence-electron chi connectivity index (χ1n) is 6.96. The summed E-state index contributed by atoms with van der Waals surface area (Å²) < 4.78 is 5.38. The highest BCUT2D eigenvalue weighted by molar-refractivity contribution is 5.78. The summed E-state index contributed by atoms with van der Waals surface area (Å²) in [5.74, 6) is 0.870. The predicted octanol–water partition coefficient (Wildman–Crippen LogP) is -0.0493. The number of methoxy groups -OCH3 is 1. The Morgan fingerprint density at radius 3 is 2.83 bits per heavy atom. The second-order valence-electron chi connectivity index (χ2n) is 5.49. The van der Waals surface area contributed by atoms with E-state index >= 15 is 0 Å². The summed E-state index contributed by atoms with van der Waals surface area (Å²) in [5, 5.41) is 3.01. The van der Waals surface area contributed by atoms with Gasteiger partial charge in [-0.25, -0.2) is 0 Å². The van der Waals surface area contributed by atoms with Crippen molar-refractivity contribution >= 4 is 5.91 Å². The topological polar surface area (TPSA) is 67.6 Å². The fraction of sp³-hybridized carbons (Fsp3) is 0.923. The van der Waals surface area contributed by atoms with E-state index in [1.165, 1.54) is 12.8 Å². The van der Waals surface area contributed by atoms with Gasteiger partial charge in [0, 0.05) is 32.8 Å². The van der Waals surface area contributed by atoms with Crippen LogP contribution in [-0.4, -0.2) is 56.2 Å². The number of amides is 1. The number of rotatable bonds is 6. The van der Waals surface area contributed by atoms with Crippen LogP contribution in [0.4, 0.5) is 0 Å². The molecule has 1 amide bonds. The van der Waals surface area contributed by atoms with Gasteiger partial charge in [-0.3, -0.25) is 9.69 Å². The van der Waals surface area contributed by atoms with Crippen LogP contribution < -0.4 is 11.1 Å². The van der Waals surface area contributed by atoms with Crippen molar-refractivity contribution in [1.29, 1.82) is 0 Å². The standard InChI is InChI=1S/C13H25N3O2/c1-18-12-4-5-16(11(6-12)7-14)9-13(17)15-8-10-2-3-10/h10-12H,2-9,14H2,1H3,(H,15,17). The van der Waals surface area contributed by atoms with E-state index in [2.05, 4.69) is 10.2 Å². The zero-order chi connectivity index (χ0) is 13.0. The number of nitrogens with two attached hydrogens (primary N) is 1. The Morgan fingerprint density at radius 2 is 2.22 bits per heavy atom. The van der Waals surface area contributed by atoms with Gasteiger partial charge in [0.2, 0.25) is 5.91 Å². The molecule has 1 aliphatic carbocycles. The minimum atomic E-state index is 0.135. The summed E-state index contributed by atoms with van der Waals surface area (Å²) in [7, 11) is 1.75. The maximum atomic E-state index is 11.8. The third-order valence-corrected chi connectivity index (χ3v) is 4.03. The second-order valence-corrected chi connectivity index (χ2v) is 5.49. The molecule has 3 N–H and O–H groups in total. The molecule has 0 aromatic carbocycles. The van der Waals surface area contributed by atoms with E-state index in [4.69, 9.17) is 10.5 Å². The first kappa shape index (κ1) is 13.8. The minimum Gasteiger partial charge on any atom is -0.381 e. The molecule has 2 aliphatic rings. The molecule has 2 rings (SSSR count). The van der Waals surface area contributed by atoms with Crippen LogP contribution in [0.5, 0.6) is 0 Å². The summed E-state index contributed by atoms with van der Waals surface area (Å²) in [6.07, 6.45) is 4.76. The SMILES string of the molecule is COC1CCN(CC(=O)NCC2CC2)C(CN)C1. The molecule has 0 spiro atoms. The molecule has 1 aliphatic heterocycles. The summed E-state index contributed by atoms with van der Waals surface area (Å²) in [6, 6.07) is 0.273. The van der Waals surface area contributed by atoms with Crippen molar-refractivity contribution in [1.82, 2.24) is 10.2 Å². The van der Waals surface area contributed by atoms with Gasteiger partial charge in [-0.1, -0.05) is 0 Å². The van der Waals surface area contributed by atoms with Crippen molar-refractivity contribution < 1.29 is 9.53 Å². The molecule has 18 heavy (non-hydrogen) atoms. The van der Waals surface area contributed by atoms with E-state index in [0.29, 0.717) is 19.2 Å². The molecule has 0 bridgehead atoms. The molecule has 2 atom stereocenters. The number of piperidine rings is 1. The van der Waals surface area contributed by atoms with E-state index in [1.807, 2.05) is 0 Å². The molecule has 104 valence electrons. The van der Waals surface area contributed by atoms with Gasteiger partial charge in [-0.05, 0) is 31.6 Å². The van der Waals surface area contributed by atoms with E-state index in [9.17, 15) is 4.79 Å².